The minimum atomic E-state index is -0.903. The van der Waals surface area contributed by atoms with Gasteiger partial charge in [-0.3, -0.25) is 19.7 Å². The predicted octanol–water partition coefficient (Wildman–Crippen LogP) is 2.18. The molecule has 0 radical (unpaired) electrons. The molecule has 2 N–H and O–H groups in total. The number of aromatic hydroxyl groups is 1. The number of imide groups is 1. The molecule has 25 heavy (non-hydrogen) atoms. The highest BCUT2D eigenvalue weighted by Crippen LogP contribution is 2.45. The average Bonchev–Trinajstić information content (AvgIpc) is 3.09. The van der Waals surface area contributed by atoms with Crippen molar-refractivity contribution < 1.29 is 19.5 Å². The van der Waals surface area contributed by atoms with Crippen LogP contribution in [0.4, 0.5) is 0 Å². The van der Waals surface area contributed by atoms with Gasteiger partial charge >= 0.3 is 0 Å². The van der Waals surface area contributed by atoms with Crippen molar-refractivity contribution in [3.05, 3.63) is 64.7 Å². The van der Waals surface area contributed by atoms with Crippen LogP contribution in [0.25, 0.3) is 0 Å². The van der Waals surface area contributed by atoms with E-state index in [9.17, 15) is 14.7 Å². The number of fused-ring (bicyclic) bond motifs is 1. The summed E-state index contributed by atoms with van der Waals surface area (Å²) in [7, 11) is 0. The normalized spacial score (nSPS) is 25.9. The topological polar surface area (TPSA) is 78.9 Å². The first-order valence-electron chi connectivity index (χ1n) is 7.85. The highest BCUT2D eigenvalue weighted by Gasteiger charge is 2.56. The number of amides is 2. The fraction of sp³-hybridized carbons (Fsp3) is 0.222. The Bertz CT molecular complexity index is 842. The number of carbonyl (C=O) groups is 2. The molecule has 7 heteroatoms. The van der Waals surface area contributed by atoms with E-state index in [4.69, 9.17) is 16.4 Å². The van der Waals surface area contributed by atoms with Gasteiger partial charge in [0.1, 0.15) is 5.75 Å². The van der Waals surface area contributed by atoms with Crippen molar-refractivity contribution >= 4 is 23.4 Å². The van der Waals surface area contributed by atoms with E-state index < -0.39 is 29.9 Å². The SMILES string of the molecule is O=C1NC(=O)C2C1ON(Cc1ccccc1)C2c1cc(Cl)ccc1O. The van der Waals surface area contributed by atoms with Gasteiger partial charge in [-0.1, -0.05) is 41.9 Å². The Balaban J connectivity index is 1.76. The summed E-state index contributed by atoms with van der Waals surface area (Å²) in [6.07, 6.45) is -0.903. The van der Waals surface area contributed by atoms with Crippen LogP contribution in [0.15, 0.2) is 48.5 Å². The molecule has 0 aliphatic carbocycles. The molecule has 2 aromatic carbocycles. The third kappa shape index (κ3) is 2.78. The molecule has 128 valence electrons. The number of hydrogen-bond acceptors (Lipinski definition) is 5. The lowest BCUT2D eigenvalue weighted by atomic mass is 9.90. The molecular formula is C18H15ClN2O4. The van der Waals surface area contributed by atoms with E-state index in [2.05, 4.69) is 5.32 Å². The van der Waals surface area contributed by atoms with E-state index in [0.29, 0.717) is 17.1 Å². The lowest BCUT2D eigenvalue weighted by Crippen LogP contribution is -2.33. The first-order valence-corrected chi connectivity index (χ1v) is 8.23. The van der Waals surface area contributed by atoms with E-state index in [1.54, 1.807) is 17.2 Å². The molecule has 0 bridgehead atoms. The van der Waals surface area contributed by atoms with Gasteiger partial charge < -0.3 is 5.11 Å². The molecule has 4 rings (SSSR count). The van der Waals surface area contributed by atoms with Crippen LogP contribution < -0.4 is 5.32 Å². The fourth-order valence-corrected chi connectivity index (χ4v) is 3.58. The van der Waals surface area contributed by atoms with Crippen LogP contribution >= 0.6 is 11.6 Å². The summed E-state index contributed by atoms with van der Waals surface area (Å²) in [5.74, 6) is -1.60. The van der Waals surface area contributed by atoms with Crippen molar-refractivity contribution in [1.29, 1.82) is 0 Å². The second kappa shape index (κ2) is 6.15. The van der Waals surface area contributed by atoms with Gasteiger partial charge in [-0.2, -0.15) is 5.06 Å². The van der Waals surface area contributed by atoms with Gasteiger partial charge in [-0.25, -0.2) is 0 Å². The molecule has 0 saturated carbocycles. The first kappa shape index (κ1) is 16.1. The molecule has 2 amide bonds. The summed E-state index contributed by atoms with van der Waals surface area (Å²) in [6.45, 7) is 0.366. The molecule has 3 unspecified atom stereocenters. The molecule has 2 aromatic rings. The van der Waals surface area contributed by atoms with E-state index in [1.165, 1.54) is 6.07 Å². The third-order valence-electron chi connectivity index (χ3n) is 4.52. The van der Waals surface area contributed by atoms with Gasteiger partial charge in [0, 0.05) is 17.1 Å². The molecule has 2 aliphatic rings. The number of hydrogen-bond donors (Lipinski definition) is 2. The van der Waals surface area contributed by atoms with Crippen LogP contribution in [0, 0.1) is 5.92 Å². The molecule has 2 fully saturated rings. The predicted molar refractivity (Wildman–Crippen MR) is 89.4 cm³/mol. The molecule has 0 spiro atoms. The summed E-state index contributed by atoms with van der Waals surface area (Å²) in [5, 5.41) is 14.6. The molecule has 0 aromatic heterocycles. The van der Waals surface area contributed by atoms with Crippen molar-refractivity contribution in [1.82, 2.24) is 10.4 Å². The number of phenols is 1. The average molecular weight is 359 g/mol. The van der Waals surface area contributed by atoms with Gasteiger partial charge in [-0.05, 0) is 23.8 Å². The maximum Gasteiger partial charge on any atom is 0.258 e. The molecule has 2 saturated heterocycles. The lowest BCUT2D eigenvalue weighted by molar-refractivity contribution is -0.178. The van der Waals surface area contributed by atoms with Crippen molar-refractivity contribution in [3.8, 4) is 5.75 Å². The zero-order chi connectivity index (χ0) is 17.6. The zero-order valence-electron chi connectivity index (χ0n) is 13.1. The van der Waals surface area contributed by atoms with Crippen LogP contribution in [0.1, 0.15) is 17.2 Å². The summed E-state index contributed by atoms with van der Waals surface area (Å²) < 4.78 is 0. The van der Waals surface area contributed by atoms with Crippen LogP contribution in [0.3, 0.4) is 0 Å². The number of phenolic OH excluding ortho intramolecular Hbond substituents is 1. The van der Waals surface area contributed by atoms with Crippen molar-refractivity contribution in [3.63, 3.8) is 0 Å². The monoisotopic (exact) mass is 358 g/mol. The summed E-state index contributed by atoms with van der Waals surface area (Å²) >= 11 is 6.07. The van der Waals surface area contributed by atoms with Crippen LogP contribution in [0.5, 0.6) is 5.75 Å². The Morgan fingerprint density at radius 3 is 2.64 bits per heavy atom. The maximum atomic E-state index is 12.3. The molecule has 6 nitrogen and oxygen atoms in total. The second-order valence-electron chi connectivity index (χ2n) is 6.11. The van der Waals surface area contributed by atoms with Gasteiger partial charge in [0.15, 0.2) is 6.10 Å². The summed E-state index contributed by atoms with van der Waals surface area (Å²) in [6, 6.07) is 13.6. The maximum absolute atomic E-state index is 12.3. The van der Waals surface area contributed by atoms with E-state index in [0.717, 1.165) is 5.56 Å². The largest absolute Gasteiger partial charge is 0.508 e. The van der Waals surface area contributed by atoms with Crippen molar-refractivity contribution in [2.75, 3.05) is 0 Å². The molecular weight excluding hydrogens is 344 g/mol. The fourth-order valence-electron chi connectivity index (χ4n) is 3.40. The van der Waals surface area contributed by atoms with E-state index in [1.807, 2.05) is 30.3 Å². The van der Waals surface area contributed by atoms with Crippen LogP contribution in [-0.4, -0.2) is 28.1 Å². The molecule has 2 aliphatic heterocycles. The highest BCUT2D eigenvalue weighted by atomic mass is 35.5. The van der Waals surface area contributed by atoms with Crippen LogP contribution in [-0.2, 0) is 21.0 Å². The van der Waals surface area contributed by atoms with Crippen molar-refractivity contribution in [2.24, 2.45) is 5.92 Å². The van der Waals surface area contributed by atoms with Gasteiger partial charge in [0.05, 0.1) is 12.0 Å². The summed E-state index contributed by atoms with van der Waals surface area (Å²) in [4.78, 5) is 30.1. The Morgan fingerprint density at radius 2 is 1.88 bits per heavy atom. The number of nitrogens with zero attached hydrogens (tertiary/aromatic N) is 1. The zero-order valence-corrected chi connectivity index (χ0v) is 13.8. The summed E-state index contributed by atoms with van der Waals surface area (Å²) in [5.41, 5.74) is 1.42. The number of benzene rings is 2. The first-order chi connectivity index (χ1) is 12.0. The Labute approximate surface area is 148 Å². The van der Waals surface area contributed by atoms with Gasteiger partial charge in [0.2, 0.25) is 5.91 Å². The number of hydroxylamine groups is 2. The van der Waals surface area contributed by atoms with E-state index in [-0.39, 0.29) is 5.75 Å². The van der Waals surface area contributed by atoms with Gasteiger partial charge in [0.25, 0.3) is 5.91 Å². The molecule has 2 heterocycles. The Kier molecular flexibility index (Phi) is 3.95. The second-order valence-corrected chi connectivity index (χ2v) is 6.55. The minimum absolute atomic E-state index is 0.00357. The molecule has 3 atom stereocenters. The van der Waals surface area contributed by atoms with Crippen molar-refractivity contribution in [2.45, 2.75) is 18.7 Å². The Hall–Kier alpha value is -2.41. The number of carbonyl (C=O) groups excluding carboxylic acids is 2. The highest BCUT2D eigenvalue weighted by molar-refractivity contribution is 6.30. The smallest absolute Gasteiger partial charge is 0.258 e. The lowest BCUT2D eigenvalue weighted by Gasteiger charge is -2.26. The Morgan fingerprint density at radius 1 is 1.12 bits per heavy atom. The number of nitrogens with one attached hydrogen (secondary N) is 1. The number of halogens is 1. The standard InChI is InChI=1S/C18H15ClN2O4/c19-11-6-7-13(22)12(8-11)15-14-16(18(24)20-17(14)23)25-21(15)9-10-4-2-1-3-5-10/h1-8,14-16,22H,9H2,(H,20,23,24). The minimum Gasteiger partial charge on any atom is -0.508 e. The van der Waals surface area contributed by atoms with Gasteiger partial charge in [-0.15, -0.1) is 0 Å². The number of rotatable bonds is 3. The van der Waals surface area contributed by atoms with Crippen LogP contribution in [0.2, 0.25) is 5.02 Å². The quantitative estimate of drug-likeness (QED) is 0.822. The van der Waals surface area contributed by atoms with E-state index >= 15 is 0 Å². The third-order valence-corrected chi connectivity index (χ3v) is 4.76.